The summed E-state index contributed by atoms with van der Waals surface area (Å²) in [6, 6.07) is 0. The van der Waals surface area contributed by atoms with E-state index < -0.39 is 10.1 Å². The largest absolute Gasteiger partial charge is 1.00 e. The molecule has 0 aliphatic heterocycles. The molecule has 0 aromatic heterocycles. The zero-order valence-electron chi connectivity index (χ0n) is 6.91. The maximum Gasteiger partial charge on any atom is 1.00 e. The molecule has 0 fully saturated rings. The molecule has 0 bridgehead atoms. The van der Waals surface area contributed by atoms with Crippen LogP contribution in [-0.2, 0) is 10.1 Å². The third kappa shape index (κ3) is 37.0. The van der Waals surface area contributed by atoms with Crippen LogP contribution in [0.5, 0.6) is 0 Å². The van der Waals surface area contributed by atoms with Gasteiger partial charge in [0.1, 0.15) is 0 Å². The molecule has 0 unspecified atom stereocenters. The van der Waals surface area contributed by atoms with E-state index in [1.54, 1.807) is 6.08 Å². The molecular weight excluding hydrogens is 177 g/mol. The predicted octanol–water partition coefficient (Wildman–Crippen LogP) is -3.31. The fourth-order valence-electron chi connectivity index (χ4n) is 0. The van der Waals surface area contributed by atoms with Gasteiger partial charge in [-0.1, -0.05) is 13.0 Å². The molecule has 0 aromatic rings. The van der Waals surface area contributed by atoms with E-state index in [9.17, 15) is 13.0 Å². The molecule has 62 valence electrons. The molecule has 0 radical (unpaired) electrons. The van der Waals surface area contributed by atoms with Crippen LogP contribution in [-0.4, -0.2) is 25.3 Å². The molecule has 4 nitrogen and oxygen atoms in total. The first kappa shape index (κ1) is 17.6. The first-order chi connectivity index (χ1) is 4.47. The van der Waals surface area contributed by atoms with Crippen molar-refractivity contribution in [3.05, 3.63) is 12.7 Å². The molecule has 0 atom stereocenters. The van der Waals surface area contributed by atoms with Gasteiger partial charge in [0, 0.05) is 12.3 Å². The summed E-state index contributed by atoms with van der Waals surface area (Å²) in [6.07, 6.45) is 1.65. The second-order valence-corrected chi connectivity index (χ2v) is 3.06. The van der Waals surface area contributed by atoms with Gasteiger partial charge in [0.25, 0.3) is 0 Å². The quantitative estimate of drug-likeness (QED) is 0.280. The van der Waals surface area contributed by atoms with E-state index in [0.29, 0.717) is 6.54 Å². The molecule has 0 rings (SSSR count). The number of rotatable bonds is 2. The Morgan fingerprint density at radius 1 is 1.64 bits per heavy atom. The third-order valence-corrected chi connectivity index (χ3v) is 1.23. The van der Waals surface area contributed by atoms with Crippen molar-refractivity contribution in [2.45, 2.75) is 6.92 Å². The third-order valence-electron chi connectivity index (χ3n) is 0.520. The molecule has 0 aliphatic rings. The first-order valence-corrected chi connectivity index (χ1v) is 4.30. The van der Waals surface area contributed by atoms with Gasteiger partial charge in [0.2, 0.25) is 0 Å². The van der Waals surface area contributed by atoms with Crippen molar-refractivity contribution in [3.8, 4) is 0 Å². The Bertz CT molecular complexity index is 167. The van der Waals surface area contributed by atoms with E-state index in [0.717, 1.165) is 0 Å². The molecule has 6 heteroatoms. The Labute approximate surface area is 89.9 Å². The molecule has 0 aromatic carbocycles. The molecule has 0 amide bonds. The molecule has 0 spiro atoms. The minimum Gasteiger partial charge on any atom is -0.748 e. The Balaban J connectivity index is -0.000000114. The van der Waals surface area contributed by atoms with Crippen molar-refractivity contribution in [3.63, 3.8) is 0 Å². The SMILES string of the molecule is C=CCN.CCS(=O)(=O)[O-].[Na+]. The van der Waals surface area contributed by atoms with Gasteiger partial charge in [-0.05, 0) is 0 Å². The van der Waals surface area contributed by atoms with Crippen molar-refractivity contribution in [1.29, 1.82) is 0 Å². The van der Waals surface area contributed by atoms with Crippen molar-refractivity contribution in [2.75, 3.05) is 12.3 Å². The Hall–Kier alpha value is 0.610. The summed E-state index contributed by atoms with van der Waals surface area (Å²) in [5.74, 6) is -0.312. The average molecular weight is 189 g/mol. The van der Waals surface area contributed by atoms with E-state index in [1.807, 2.05) is 0 Å². The Morgan fingerprint density at radius 3 is 1.82 bits per heavy atom. The molecule has 0 heterocycles. The molecule has 0 saturated carbocycles. The van der Waals surface area contributed by atoms with Crippen molar-refractivity contribution >= 4 is 10.1 Å². The second kappa shape index (κ2) is 10.6. The van der Waals surface area contributed by atoms with Crippen molar-refractivity contribution < 1.29 is 42.5 Å². The van der Waals surface area contributed by atoms with Crippen LogP contribution in [0.1, 0.15) is 6.92 Å². The number of nitrogens with two attached hydrogens (primary N) is 1. The zero-order chi connectivity index (χ0) is 8.62. The maximum absolute atomic E-state index is 9.44. The zero-order valence-corrected chi connectivity index (χ0v) is 9.73. The fraction of sp³-hybridized carbons (Fsp3) is 0.600. The summed E-state index contributed by atoms with van der Waals surface area (Å²) in [6.45, 7) is 5.25. The summed E-state index contributed by atoms with van der Waals surface area (Å²) in [7, 11) is -3.91. The van der Waals surface area contributed by atoms with Gasteiger partial charge in [-0.25, -0.2) is 8.42 Å². The van der Waals surface area contributed by atoms with E-state index in [-0.39, 0.29) is 35.3 Å². The van der Waals surface area contributed by atoms with Crippen molar-refractivity contribution in [2.24, 2.45) is 5.73 Å². The van der Waals surface area contributed by atoms with Crippen molar-refractivity contribution in [1.82, 2.24) is 0 Å². The van der Waals surface area contributed by atoms with Crippen LogP contribution in [0.15, 0.2) is 12.7 Å². The van der Waals surface area contributed by atoms with Gasteiger partial charge >= 0.3 is 29.6 Å². The van der Waals surface area contributed by atoms with Gasteiger partial charge in [-0.2, -0.15) is 0 Å². The number of hydrogen-bond acceptors (Lipinski definition) is 4. The molecule has 0 saturated heterocycles. The fourth-order valence-corrected chi connectivity index (χ4v) is 0. The summed E-state index contributed by atoms with van der Waals surface area (Å²) < 4.78 is 28.3. The monoisotopic (exact) mass is 189 g/mol. The van der Waals surface area contributed by atoms with Crippen LogP contribution < -0.4 is 35.3 Å². The summed E-state index contributed by atoms with van der Waals surface area (Å²) in [4.78, 5) is 0. The first-order valence-electron chi connectivity index (χ1n) is 2.72. The topological polar surface area (TPSA) is 83.2 Å². The Kier molecular flexibility index (Phi) is 17.0. The normalized spacial score (nSPS) is 8.64. The molecular formula is C5H12NNaO3S. The number of hydrogen-bond donors (Lipinski definition) is 1. The van der Waals surface area contributed by atoms with Crippen LogP contribution in [0.4, 0.5) is 0 Å². The van der Waals surface area contributed by atoms with E-state index in [4.69, 9.17) is 5.73 Å². The van der Waals surface area contributed by atoms with E-state index in [2.05, 4.69) is 6.58 Å². The summed E-state index contributed by atoms with van der Waals surface area (Å²) in [5.41, 5.74) is 4.91. The molecule has 11 heavy (non-hydrogen) atoms. The average Bonchev–Trinajstić information content (AvgIpc) is 1.87. The van der Waals surface area contributed by atoms with Gasteiger partial charge in [-0.3, -0.25) is 0 Å². The van der Waals surface area contributed by atoms with Crippen LogP contribution in [0, 0.1) is 0 Å². The van der Waals surface area contributed by atoms with Gasteiger partial charge in [0.05, 0.1) is 10.1 Å². The van der Waals surface area contributed by atoms with Gasteiger partial charge in [-0.15, -0.1) is 6.58 Å². The van der Waals surface area contributed by atoms with Gasteiger partial charge in [0.15, 0.2) is 0 Å². The summed E-state index contributed by atoms with van der Waals surface area (Å²) >= 11 is 0. The predicted molar refractivity (Wildman–Crippen MR) is 39.5 cm³/mol. The maximum atomic E-state index is 9.44. The van der Waals surface area contributed by atoms with Crippen LogP contribution in [0.25, 0.3) is 0 Å². The van der Waals surface area contributed by atoms with E-state index >= 15 is 0 Å². The second-order valence-electron chi connectivity index (χ2n) is 1.37. The van der Waals surface area contributed by atoms with Crippen LogP contribution in [0.3, 0.4) is 0 Å². The van der Waals surface area contributed by atoms with E-state index in [1.165, 1.54) is 6.92 Å². The van der Waals surface area contributed by atoms with Gasteiger partial charge < -0.3 is 10.3 Å². The molecule has 2 N–H and O–H groups in total. The van der Waals surface area contributed by atoms with Crippen LogP contribution >= 0.6 is 0 Å². The minimum atomic E-state index is -3.91. The smallest absolute Gasteiger partial charge is 0.748 e. The minimum absolute atomic E-state index is 0. The molecule has 0 aliphatic carbocycles. The standard InChI is InChI=1S/C3H7N.C2H6O3S.Na/c1-2-3-4;1-2-6(3,4)5;/h2H,1,3-4H2;2H2,1H3,(H,3,4,5);/q;;+1/p-1. The Morgan fingerprint density at radius 2 is 1.82 bits per heavy atom. The van der Waals surface area contributed by atoms with Crippen LogP contribution in [0.2, 0.25) is 0 Å². The summed E-state index contributed by atoms with van der Waals surface area (Å²) in [5, 5.41) is 0.